The molecule has 2 heteroatoms. The van der Waals surface area contributed by atoms with Crippen LogP contribution in [0.5, 0.6) is 0 Å². The van der Waals surface area contributed by atoms with Crippen molar-refractivity contribution in [1.29, 1.82) is 0 Å². The van der Waals surface area contributed by atoms with Gasteiger partial charge in [0.1, 0.15) is 0 Å². The van der Waals surface area contributed by atoms with Crippen LogP contribution in [0.3, 0.4) is 0 Å². The van der Waals surface area contributed by atoms with Gasteiger partial charge >= 0.3 is 21.1 Å². The van der Waals surface area contributed by atoms with E-state index in [0.29, 0.717) is 0 Å². The van der Waals surface area contributed by atoms with Gasteiger partial charge in [-0.1, -0.05) is 0 Å². The minimum Gasteiger partial charge on any atom is -0.680 e. The Morgan fingerprint density at radius 3 is 1.56 bits per heavy atom. The van der Waals surface area contributed by atoms with Crippen molar-refractivity contribution >= 4 is 0 Å². The summed E-state index contributed by atoms with van der Waals surface area (Å²) in [6.45, 7) is 0. The number of rotatable bonds is 0. The first-order valence-electron chi connectivity index (χ1n) is 2.41. The third kappa shape index (κ3) is 7.87. The van der Waals surface area contributed by atoms with E-state index in [0.717, 1.165) is 0 Å². The molecule has 9 heavy (non-hydrogen) atoms. The zero-order valence-corrected chi connectivity index (χ0v) is 8.23. The van der Waals surface area contributed by atoms with Gasteiger partial charge in [-0.05, 0) is 0 Å². The van der Waals surface area contributed by atoms with Gasteiger partial charge in [0.15, 0.2) is 0 Å². The van der Waals surface area contributed by atoms with Gasteiger partial charge in [-0.25, -0.2) is 0 Å². The van der Waals surface area contributed by atoms with Gasteiger partial charge in [0.2, 0.25) is 0 Å². The molecule has 0 radical (unpaired) electrons. The molecular formula is C7H9NW. The summed E-state index contributed by atoms with van der Waals surface area (Å²) in [4.78, 5) is 0. The quantitative estimate of drug-likeness (QED) is 0.654. The van der Waals surface area contributed by atoms with Crippen molar-refractivity contribution in [3.05, 3.63) is 42.1 Å². The second-order valence-electron chi connectivity index (χ2n) is 1.08. The predicted molar refractivity (Wildman–Crippen MR) is 35.5 cm³/mol. The number of hydrogen-bond donors (Lipinski definition) is 0. The van der Waals surface area contributed by atoms with Crippen LogP contribution in [0, 0.1) is 6.07 Å². The Kier molecular flexibility index (Phi) is 13.9. The first-order chi connectivity index (χ1) is 4.00. The third-order valence-corrected chi connectivity index (χ3v) is 0.607. The van der Waals surface area contributed by atoms with Crippen molar-refractivity contribution < 1.29 is 21.1 Å². The smallest absolute Gasteiger partial charge is 0.680 e. The standard InChI is InChI=1S/C6H5.CH4N.W/c1-2-4-6-5-3-1;1-2;/h1-5H;2H,1H3;/q2*-1;+2. The summed E-state index contributed by atoms with van der Waals surface area (Å²) < 4.78 is 0. The van der Waals surface area contributed by atoms with Crippen LogP contribution >= 0.6 is 0 Å². The number of hydrogen-bond acceptors (Lipinski definition) is 0. The summed E-state index contributed by atoms with van der Waals surface area (Å²) in [5, 5.41) is 0. The molecule has 0 atom stereocenters. The SMILES string of the molecule is C[NH-].[W+2].[c-]1ccccc1. The van der Waals surface area contributed by atoms with Crippen LogP contribution in [-0.4, -0.2) is 7.05 Å². The molecule has 0 unspecified atom stereocenters. The third-order valence-electron chi connectivity index (χ3n) is 0.607. The summed E-state index contributed by atoms with van der Waals surface area (Å²) in [6, 6.07) is 12.5. The minimum atomic E-state index is 0. The zero-order chi connectivity index (χ0) is 6.24. The van der Waals surface area contributed by atoms with Crippen molar-refractivity contribution in [3.63, 3.8) is 0 Å². The van der Waals surface area contributed by atoms with Crippen LogP contribution in [-0.2, 0) is 21.1 Å². The first-order valence-corrected chi connectivity index (χ1v) is 2.41. The molecule has 0 aromatic heterocycles. The Labute approximate surface area is 70.5 Å². The molecule has 0 saturated carbocycles. The van der Waals surface area contributed by atoms with Crippen molar-refractivity contribution in [2.45, 2.75) is 0 Å². The molecule has 0 aliphatic heterocycles. The largest absolute Gasteiger partial charge is 2.00 e. The fraction of sp³-hybridized carbons (Fsp3) is 0.143. The van der Waals surface area contributed by atoms with Crippen LogP contribution in [0.2, 0.25) is 0 Å². The molecule has 0 amide bonds. The Hall–Kier alpha value is -0.132. The van der Waals surface area contributed by atoms with E-state index in [-0.39, 0.29) is 21.1 Å². The maximum atomic E-state index is 5.75. The molecule has 1 nitrogen and oxygen atoms in total. The Morgan fingerprint density at radius 1 is 1.00 bits per heavy atom. The van der Waals surface area contributed by atoms with Gasteiger partial charge in [0.05, 0.1) is 0 Å². The van der Waals surface area contributed by atoms with Gasteiger partial charge in [0.25, 0.3) is 0 Å². The molecule has 0 heterocycles. The average Bonchev–Trinajstić information content (AvgIpc) is 1.96. The van der Waals surface area contributed by atoms with Crippen molar-refractivity contribution in [3.8, 4) is 0 Å². The molecule has 1 aromatic carbocycles. The van der Waals surface area contributed by atoms with Gasteiger partial charge in [-0.2, -0.15) is 43.4 Å². The second-order valence-corrected chi connectivity index (χ2v) is 1.08. The van der Waals surface area contributed by atoms with E-state index in [9.17, 15) is 0 Å². The van der Waals surface area contributed by atoms with E-state index in [1.165, 1.54) is 7.05 Å². The second kappa shape index (κ2) is 10.8. The van der Waals surface area contributed by atoms with Crippen LogP contribution in [0.4, 0.5) is 0 Å². The predicted octanol–water partition coefficient (Wildman–Crippen LogP) is 2.15. The Morgan fingerprint density at radius 2 is 1.44 bits per heavy atom. The molecule has 0 aliphatic carbocycles. The summed E-state index contributed by atoms with van der Waals surface area (Å²) in [6.07, 6.45) is 0. The fourth-order valence-electron chi connectivity index (χ4n) is 0.342. The van der Waals surface area contributed by atoms with E-state index in [1.807, 2.05) is 30.3 Å². The average molecular weight is 291 g/mol. The van der Waals surface area contributed by atoms with Crippen molar-refractivity contribution in [2.24, 2.45) is 0 Å². The summed E-state index contributed by atoms with van der Waals surface area (Å²) in [7, 11) is 1.25. The molecule has 48 valence electrons. The topological polar surface area (TPSA) is 23.8 Å². The molecule has 0 aliphatic rings. The van der Waals surface area contributed by atoms with Crippen molar-refractivity contribution in [2.75, 3.05) is 7.05 Å². The van der Waals surface area contributed by atoms with Crippen LogP contribution in [0.1, 0.15) is 0 Å². The molecule has 0 bridgehead atoms. The summed E-state index contributed by atoms with van der Waals surface area (Å²) >= 11 is 0. The maximum absolute atomic E-state index is 5.75. The summed E-state index contributed by atoms with van der Waals surface area (Å²) in [5.74, 6) is 0. The van der Waals surface area contributed by atoms with Gasteiger partial charge < -0.3 is 5.73 Å². The first kappa shape index (κ1) is 11.6. The zero-order valence-electron chi connectivity index (χ0n) is 5.29. The van der Waals surface area contributed by atoms with Crippen LogP contribution < -0.4 is 0 Å². The monoisotopic (exact) mass is 291 g/mol. The normalized spacial score (nSPS) is 6.00. The minimum absolute atomic E-state index is 0. The molecule has 1 aromatic rings. The number of benzene rings is 1. The Balaban J connectivity index is 0. The fourth-order valence-corrected chi connectivity index (χ4v) is 0.342. The molecule has 1 N–H and O–H groups in total. The van der Waals surface area contributed by atoms with Gasteiger partial charge in [-0.3, -0.25) is 0 Å². The van der Waals surface area contributed by atoms with Gasteiger partial charge in [0, 0.05) is 0 Å². The Bertz CT molecular complexity index is 80.8. The van der Waals surface area contributed by atoms with E-state index >= 15 is 0 Å². The van der Waals surface area contributed by atoms with Crippen LogP contribution in [0.15, 0.2) is 30.3 Å². The molecule has 0 saturated heterocycles. The molecule has 0 fully saturated rings. The number of nitrogens with one attached hydrogen (secondary N) is 1. The molecule has 1 rings (SSSR count). The van der Waals surface area contributed by atoms with Gasteiger partial charge in [-0.15, -0.1) is 0 Å². The van der Waals surface area contributed by atoms with E-state index in [4.69, 9.17) is 5.73 Å². The molecule has 0 spiro atoms. The van der Waals surface area contributed by atoms with E-state index < -0.39 is 0 Å². The van der Waals surface area contributed by atoms with E-state index in [2.05, 4.69) is 6.07 Å². The summed E-state index contributed by atoms with van der Waals surface area (Å²) in [5.41, 5.74) is 5.75. The molecular weight excluding hydrogens is 282 g/mol. The van der Waals surface area contributed by atoms with E-state index in [1.54, 1.807) is 0 Å². The van der Waals surface area contributed by atoms with Crippen molar-refractivity contribution in [1.82, 2.24) is 0 Å². The van der Waals surface area contributed by atoms with Crippen LogP contribution in [0.25, 0.3) is 5.73 Å². The maximum Gasteiger partial charge on any atom is 2.00 e.